The molecule has 1 amide bonds. The summed E-state index contributed by atoms with van der Waals surface area (Å²) in [7, 11) is 0. The minimum atomic E-state index is -0.505. The molecule has 0 saturated heterocycles. The summed E-state index contributed by atoms with van der Waals surface area (Å²) in [6.45, 7) is 2.42. The van der Waals surface area contributed by atoms with Crippen LogP contribution >= 0.6 is 0 Å². The third-order valence-corrected chi connectivity index (χ3v) is 3.82. The van der Waals surface area contributed by atoms with Crippen molar-refractivity contribution in [3.8, 4) is 11.4 Å². The normalized spacial score (nSPS) is 10.5. The molecule has 26 heavy (non-hydrogen) atoms. The van der Waals surface area contributed by atoms with Crippen LogP contribution in [0.3, 0.4) is 0 Å². The van der Waals surface area contributed by atoms with Gasteiger partial charge in [-0.05, 0) is 19.1 Å². The second-order valence-electron chi connectivity index (χ2n) is 5.50. The molecule has 8 heteroatoms. The number of nitro benzene ring substituents is 1. The van der Waals surface area contributed by atoms with E-state index in [1.807, 2.05) is 37.3 Å². The van der Waals surface area contributed by atoms with Crippen LogP contribution in [-0.4, -0.2) is 32.4 Å². The van der Waals surface area contributed by atoms with E-state index in [9.17, 15) is 14.9 Å². The van der Waals surface area contributed by atoms with Gasteiger partial charge in [-0.3, -0.25) is 14.9 Å². The molecule has 3 rings (SSSR count). The van der Waals surface area contributed by atoms with Crippen molar-refractivity contribution in [2.75, 3.05) is 6.54 Å². The first-order chi connectivity index (χ1) is 12.6. The Kier molecular flexibility index (Phi) is 5.02. The van der Waals surface area contributed by atoms with Gasteiger partial charge < -0.3 is 9.42 Å². The van der Waals surface area contributed by atoms with Crippen LogP contribution in [0.1, 0.15) is 23.2 Å². The molecule has 0 spiro atoms. The molecule has 3 aromatic rings. The summed E-state index contributed by atoms with van der Waals surface area (Å²) in [5, 5.41) is 14.7. The molecule has 1 aromatic heterocycles. The fraction of sp³-hybridized carbons (Fsp3) is 0.167. The highest BCUT2D eigenvalue weighted by molar-refractivity contribution is 5.94. The number of rotatable bonds is 6. The maximum absolute atomic E-state index is 12.6. The number of carbonyl (C=O) groups excluding carboxylic acids is 1. The van der Waals surface area contributed by atoms with Gasteiger partial charge in [0.15, 0.2) is 0 Å². The van der Waals surface area contributed by atoms with Crippen molar-refractivity contribution in [1.29, 1.82) is 0 Å². The average Bonchev–Trinajstić information content (AvgIpc) is 3.15. The Morgan fingerprint density at radius 1 is 1.15 bits per heavy atom. The standard InChI is InChI=1S/C18H16N4O4/c1-2-21(18(23)14-8-10-15(11-9-14)22(24)25)12-16-19-17(20-26-16)13-6-4-3-5-7-13/h3-11H,2,12H2,1H3. The van der Waals surface area contributed by atoms with Crippen LogP contribution in [0.4, 0.5) is 5.69 Å². The molecule has 0 unspecified atom stereocenters. The first kappa shape index (κ1) is 17.3. The van der Waals surface area contributed by atoms with Crippen LogP contribution < -0.4 is 0 Å². The molecule has 0 radical (unpaired) electrons. The van der Waals surface area contributed by atoms with E-state index in [2.05, 4.69) is 10.1 Å². The van der Waals surface area contributed by atoms with Crippen LogP contribution in [0.25, 0.3) is 11.4 Å². The minimum Gasteiger partial charge on any atom is -0.337 e. The van der Waals surface area contributed by atoms with E-state index in [0.29, 0.717) is 23.8 Å². The van der Waals surface area contributed by atoms with Crippen molar-refractivity contribution in [3.63, 3.8) is 0 Å². The molecule has 1 heterocycles. The Bertz CT molecular complexity index is 906. The highest BCUT2D eigenvalue weighted by atomic mass is 16.6. The molecule has 0 atom stereocenters. The second kappa shape index (κ2) is 7.56. The average molecular weight is 352 g/mol. The van der Waals surface area contributed by atoms with Gasteiger partial charge >= 0.3 is 0 Å². The number of nitrogens with zero attached hydrogens (tertiary/aromatic N) is 4. The second-order valence-corrected chi connectivity index (χ2v) is 5.50. The smallest absolute Gasteiger partial charge is 0.269 e. The predicted molar refractivity (Wildman–Crippen MR) is 93.2 cm³/mol. The van der Waals surface area contributed by atoms with Crippen LogP contribution in [0.5, 0.6) is 0 Å². The Balaban J connectivity index is 1.74. The zero-order chi connectivity index (χ0) is 18.5. The largest absolute Gasteiger partial charge is 0.337 e. The lowest BCUT2D eigenvalue weighted by Crippen LogP contribution is -2.30. The van der Waals surface area contributed by atoms with E-state index >= 15 is 0 Å². The molecule has 0 N–H and O–H groups in total. The molecular formula is C18H16N4O4. The third-order valence-electron chi connectivity index (χ3n) is 3.82. The van der Waals surface area contributed by atoms with E-state index in [4.69, 9.17) is 4.52 Å². The summed E-state index contributed by atoms with van der Waals surface area (Å²) in [6.07, 6.45) is 0. The quantitative estimate of drug-likeness (QED) is 0.498. The van der Waals surface area contributed by atoms with Gasteiger partial charge in [-0.25, -0.2) is 0 Å². The van der Waals surface area contributed by atoms with Gasteiger partial charge in [0.25, 0.3) is 11.6 Å². The molecule has 0 bridgehead atoms. The Labute approximate surface area is 149 Å². The molecule has 2 aromatic carbocycles. The van der Waals surface area contributed by atoms with E-state index in [-0.39, 0.29) is 18.1 Å². The summed E-state index contributed by atoms with van der Waals surface area (Å²) in [4.78, 5) is 28.7. The predicted octanol–water partition coefficient (Wildman–Crippen LogP) is 3.31. The first-order valence-electron chi connectivity index (χ1n) is 8.00. The van der Waals surface area contributed by atoms with E-state index in [1.165, 1.54) is 29.2 Å². The van der Waals surface area contributed by atoms with Crippen molar-refractivity contribution in [3.05, 3.63) is 76.2 Å². The van der Waals surface area contributed by atoms with Crippen LogP contribution in [-0.2, 0) is 6.54 Å². The Morgan fingerprint density at radius 3 is 2.46 bits per heavy atom. The fourth-order valence-electron chi connectivity index (χ4n) is 2.42. The molecular weight excluding hydrogens is 336 g/mol. The number of hydrogen-bond donors (Lipinski definition) is 0. The summed E-state index contributed by atoms with van der Waals surface area (Å²) >= 11 is 0. The maximum atomic E-state index is 12.6. The Hall–Kier alpha value is -3.55. The van der Waals surface area contributed by atoms with Crippen molar-refractivity contribution >= 4 is 11.6 Å². The lowest BCUT2D eigenvalue weighted by atomic mass is 10.2. The van der Waals surface area contributed by atoms with Gasteiger partial charge in [0.1, 0.15) is 6.54 Å². The summed E-state index contributed by atoms with van der Waals surface area (Å²) in [5.74, 6) is 0.516. The molecule has 0 fully saturated rings. The van der Waals surface area contributed by atoms with E-state index < -0.39 is 4.92 Å². The van der Waals surface area contributed by atoms with Crippen molar-refractivity contribution < 1.29 is 14.2 Å². The van der Waals surface area contributed by atoms with Crippen molar-refractivity contribution in [1.82, 2.24) is 15.0 Å². The molecule has 0 aliphatic rings. The van der Waals surface area contributed by atoms with Gasteiger partial charge in [0.05, 0.1) is 4.92 Å². The van der Waals surface area contributed by atoms with Crippen molar-refractivity contribution in [2.45, 2.75) is 13.5 Å². The number of benzene rings is 2. The number of non-ortho nitro benzene ring substituents is 1. The lowest BCUT2D eigenvalue weighted by molar-refractivity contribution is -0.384. The zero-order valence-corrected chi connectivity index (χ0v) is 14.0. The highest BCUT2D eigenvalue weighted by Gasteiger charge is 2.19. The third kappa shape index (κ3) is 3.75. The molecule has 0 saturated carbocycles. The first-order valence-corrected chi connectivity index (χ1v) is 8.00. The monoisotopic (exact) mass is 352 g/mol. The van der Waals surface area contributed by atoms with Crippen molar-refractivity contribution in [2.24, 2.45) is 0 Å². The van der Waals surface area contributed by atoms with Crippen LogP contribution in [0.2, 0.25) is 0 Å². The minimum absolute atomic E-state index is 0.0611. The topological polar surface area (TPSA) is 102 Å². The molecule has 132 valence electrons. The molecule has 8 nitrogen and oxygen atoms in total. The SMILES string of the molecule is CCN(Cc1nc(-c2ccccc2)no1)C(=O)c1ccc([N+](=O)[O-])cc1. The summed E-state index contributed by atoms with van der Waals surface area (Å²) < 4.78 is 5.24. The summed E-state index contributed by atoms with van der Waals surface area (Å²) in [6, 6.07) is 14.9. The fourth-order valence-corrected chi connectivity index (χ4v) is 2.42. The Morgan fingerprint density at radius 2 is 1.85 bits per heavy atom. The zero-order valence-electron chi connectivity index (χ0n) is 14.0. The van der Waals surface area contributed by atoms with Gasteiger partial charge in [0, 0.05) is 29.8 Å². The number of hydrogen-bond acceptors (Lipinski definition) is 6. The molecule has 0 aliphatic carbocycles. The van der Waals surface area contributed by atoms with Crippen LogP contribution in [0, 0.1) is 10.1 Å². The number of aromatic nitrogens is 2. The lowest BCUT2D eigenvalue weighted by Gasteiger charge is -2.18. The van der Waals surface area contributed by atoms with Crippen LogP contribution in [0.15, 0.2) is 59.1 Å². The van der Waals surface area contributed by atoms with E-state index in [0.717, 1.165) is 5.56 Å². The van der Waals surface area contributed by atoms with Gasteiger partial charge in [-0.15, -0.1) is 0 Å². The number of amides is 1. The number of carbonyl (C=O) groups is 1. The number of nitro groups is 1. The summed E-state index contributed by atoms with van der Waals surface area (Å²) in [5.41, 5.74) is 1.13. The molecule has 0 aliphatic heterocycles. The van der Waals surface area contributed by atoms with E-state index in [1.54, 1.807) is 0 Å². The van der Waals surface area contributed by atoms with Gasteiger partial charge in [0.2, 0.25) is 11.7 Å². The van der Waals surface area contributed by atoms with Gasteiger partial charge in [-0.2, -0.15) is 4.98 Å². The highest BCUT2D eigenvalue weighted by Crippen LogP contribution is 2.17. The maximum Gasteiger partial charge on any atom is 0.269 e. The van der Waals surface area contributed by atoms with Gasteiger partial charge in [-0.1, -0.05) is 35.5 Å².